The maximum Gasteiger partial charge on any atom is 0.253 e. The number of carbonyl (C=O) groups is 1. The van der Waals surface area contributed by atoms with Crippen molar-refractivity contribution in [3.63, 3.8) is 0 Å². The highest BCUT2D eigenvalue weighted by atomic mass is 35.5. The molecule has 1 N–H and O–H groups in total. The van der Waals surface area contributed by atoms with Gasteiger partial charge in [0.1, 0.15) is 16.9 Å². The number of pyridine rings is 2. The number of amides is 1. The van der Waals surface area contributed by atoms with E-state index in [-0.39, 0.29) is 12.0 Å². The molecule has 2 aromatic heterocycles. The van der Waals surface area contributed by atoms with Crippen molar-refractivity contribution < 1.29 is 19.0 Å². The van der Waals surface area contributed by atoms with Crippen LogP contribution in [-0.4, -0.2) is 61.5 Å². The van der Waals surface area contributed by atoms with Gasteiger partial charge in [0.2, 0.25) is 5.88 Å². The number of hydrogen-bond acceptors (Lipinski definition) is 7. The van der Waals surface area contributed by atoms with Crippen molar-refractivity contribution in [3.05, 3.63) is 46.7 Å². The first-order valence-electron chi connectivity index (χ1n) is 9.65. The zero-order chi connectivity index (χ0) is 20.1. The average Bonchev–Trinajstić information content (AvgIpc) is 3.27. The molecule has 0 aliphatic carbocycles. The highest BCUT2D eigenvalue weighted by molar-refractivity contribution is 6.32. The van der Waals surface area contributed by atoms with Crippen LogP contribution in [0.2, 0.25) is 5.02 Å². The Morgan fingerprint density at radius 1 is 1.24 bits per heavy atom. The van der Waals surface area contributed by atoms with E-state index < -0.39 is 0 Å². The van der Waals surface area contributed by atoms with Crippen LogP contribution in [0.1, 0.15) is 22.3 Å². The standard InChI is InChI=1S/C20H23ClN4O4/c21-17-10-15(12-24-20(17)29-16-2-6-28-13-16)19(26)23-11-14-1-3-22-18(9-14)25-4-7-27-8-5-25/h1,3,9-10,12,16H,2,4-8,11,13H2,(H,23,26). The van der Waals surface area contributed by atoms with Gasteiger partial charge in [-0.15, -0.1) is 0 Å². The monoisotopic (exact) mass is 418 g/mol. The first-order chi connectivity index (χ1) is 14.2. The largest absolute Gasteiger partial charge is 0.471 e. The van der Waals surface area contributed by atoms with E-state index in [4.69, 9.17) is 25.8 Å². The smallest absolute Gasteiger partial charge is 0.253 e. The van der Waals surface area contributed by atoms with Crippen LogP contribution in [0.15, 0.2) is 30.6 Å². The Hall–Kier alpha value is -2.42. The molecule has 0 spiro atoms. The van der Waals surface area contributed by atoms with Crippen molar-refractivity contribution in [2.75, 3.05) is 44.4 Å². The SMILES string of the molecule is O=C(NCc1ccnc(N2CCOCC2)c1)c1cnc(OC2CCOC2)c(Cl)c1. The van der Waals surface area contributed by atoms with Crippen LogP contribution >= 0.6 is 11.6 Å². The molecule has 4 heterocycles. The lowest BCUT2D eigenvalue weighted by atomic mass is 10.2. The zero-order valence-electron chi connectivity index (χ0n) is 16.0. The van der Waals surface area contributed by atoms with Crippen LogP contribution in [-0.2, 0) is 16.0 Å². The van der Waals surface area contributed by atoms with Crippen LogP contribution in [0.3, 0.4) is 0 Å². The molecule has 1 unspecified atom stereocenters. The molecule has 2 aromatic rings. The van der Waals surface area contributed by atoms with Gasteiger partial charge in [-0.3, -0.25) is 4.79 Å². The number of aromatic nitrogens is 2. The first-order valence-corrected chi connectivity index (χ1v) is 10.0. The summed E-state index contributed by atoms with van der Waals surface area (Å²) in [5, 5.41) is 3.20. The van der Waals surface area contributed by atoms with Gasteiger partial charge in [-0.05, 0) is 23.8 Å². The Balaban J connectivity index is 1.35. The summed E-state index contributed by atoms with van der Waals surface area (Å²) in [6.45, 7) is 4.61. The van der Waals surface area contributed by atoms with Gasteiger partial charge in [0.25, 0.3) is 5.91 Å². The molecule has 0 aromatic carbocycles. The summed E-state index contributed by atoms with van der Waals surface area (Å²) in [7, 11) is 0. The highest BCUT2D eigenvalue weighted by Gasteiger charge is 2.20. The lowest BCUT2D eigenvalue weighted by Crippen LogP contribution is -2.36. The van der Waals surface area contributed by atoms with Crippen LogP contribution in [0.4, 0.5) is 5.82 Å². The number of rotatable bonds is 6. The Morgan fingerprint density at radius 2 is 2.10 bits per heavy atom. The number of anilines is 1. The van der Waals surface area contributed by atoms with E-state index in [2.05, 4.69) is 20.2 Å². The normalized spacial score (nSPS) is 19.2. The molecule has 4 rings (SSSR count). The summed E-state index contributed by atoms with van der Waals surface area (Å²) in [6.07, 6.45) is 3.98. The van der Waals surface area contributed by atoms with E-state index in [0.29, 0.717) is 49.4 Å². The number of nitrogens with one attached hydrogen (secondary N) is 1. The Kier molecular flexibility index (Phi) is 6.43. The molecule has 0 radical (unpaired) electrons. The maximum atomic E-state index is 12.5. The second-order valence-corrected chi connectivity index (χ2v) is 7.33. The molecule has 0 saturated carbocycles. The summed E-state index contributed by atoms with van der Waals surface area (Å²) >= 11 is 6.24. The highest BCUT2D eigenvalue weighted by Crippen LogP contribution is 2.25. The predicted octanol–water partition coefficient (Wildman–Crippen LogP) is 2.06. The molecule has 2 aliphatic rings. The number of nitrogens with zero attached hydrogens (tertiary/aromatic N) is 3. The molecule has 8 nitrogen and oxygen atoms in total. The van der Waals surface area contributed by atoms with E-state index in [0.717, 1.165) is 30.9 Å². The zero-order valence-corrected chi connectivity index (χ0v) is 16.7. The third-order valence-electron chi connectivity index (χ3n) is 4.83. The van der Waals surface area contributed by atoms with Gasteiger partial charge in [0.15, 0.2) is 0 Å². The molecule has 2 saturated heterocycles. The van der Waals surface area contributed by atoms with Crippen molar-refractivity contribution in [3.8, 4) is 5.88 Å². The molecule has 9 heteroatoms. The van der Waals surface area contributed by atoms with Gasteiger partial charge in [0.05, 0.1) is 32.0 Å². The van der Waals surface area contributed by atoms with Gasteiger partial charge in [-0.1, -0.05) is 11.6 Å². The van der Waals surface area contributed by atoms with Crippen LogP contribution < -0.4 is 15.0 Å². The van der Waals surface area contributed by atoms with Crippen molar-refractivity contribution in [1.82, 2.24) is 15.3 Å². The first kappa shape index (κ1) is 19.9. The van der Waals surface area contributed by atoms with Crippen molar-refractivity contribution >= 4 is 23.3 Å². The maximum absolute atomic E-state index is 12.5. The van der Waals surface area contributed by atoms with Crippen molar-refractivity contribution in [2.45, 2.75) is 19.1 Å². The summed E-state index contributed by atoms with van der Waals surface area (Å²) in [6, 6.07) is 5.44. The molecule has 29 heavy (non-hydrogen) atoms. The predicted molar refractivity (Wildman–Crippen MR) is 108 cm³/mol. The van der Waals surface area contributed by atoms with Crippen LogP contribution in [0, 0.1) is 0 Å². The van der Waals surface area contributed by atoms with E-state index >= 15 is 0 Å². The fourth-order valence-corrected chi connectivity index (χ4v) is 3.43. The molecule has 0 bridgehead atoms. The summed E-state index contributed by atoms with van der Waals surface area (Å²) in [5.41, 5.74) is 1.35. The van der Waals surface area contributed by atoms with Gasteiger partial charge >= 0.3 is 0 Å². The molecular formula is C20H23ClN4O4. The summed E-state index contributed by atoms with van der Waals surface area (Å²) < 4.78 is 16.4. The van der Waals surface area contributed by atoms with Gasteiger partial charge < -0.3 is 24.4 Å². The third-order valence-corrected chi connectivity index (χ3v) is 5.10. The summed E-state index contributed by atoms with van der Waals surface area (Å²) in [4.78, 5) is 23.3. The van der Waals surface area contributed by atoms with Crippen molar-refractivity contribution in [1.29, 1.82) is 0 Å². The molecular weight excluding hydrogens is 396 g/mol. The lowest BCUT2D eigenvalue weighted by Gasteiger charge is -2.28. The fraction of sp³-hybridized carbons (Fsp3) is 0.450. The second-order valence-electron chi connectivity index (χ2n) is 6.92. The second kappa shape index (κ2) is 9.39. The minimum atomic E-state index is -0.250. The number of halogens is 1. The Labute approximate surface area is 174 Å². The topological polar surface area (TPSA) is 85.8 Å². The molecule has 154 valence electrons. The average molecular weight is 419 g/mol. The van der Waals surface area contributed by atoms with E-state index in [1.54, 1.807) is 12.3 Å². The van der Waals surface area contributed by atoms with Gasteiger partial charge in [-0.25, -0.2) is 9.97 Å². The van der Waals surface area contributed by atoms with Gasteiger partial charge in [0, 0.05) is 38.4 Å². The molecule has 2 aliphatic heterocycles. The van der Waals surface area contributed by atoms with Crippen LogP contribution in [0.25, 0.3) is 0 Å². The van der Waals surface area contributed by atoms with E-state index in [1.807, 2.05) is 12.1 Å². The third kappa shape index (κ3) is 5.14. The number of carbonyl (C=O) groups excluding carboxylic acids is 1. The molecule has 1 atom stereocenters. The summed E-state index contributed by atoms with van der Waals surface area (Å²) in [5.74, 6) is 0.963. The number of morpholine rings is 1. The quantitative estimate of drug-likeness (QED) is 0.768. The Morgan fingerprint density at radius 3 is 2.86 bits per heavy atom. The number of ether oxygens (including phenoxy) is 3. The van der Waals surface area contributed by atoms with E-state index in [9.17, 15) is 4.79 Å². The number of hydrogen-bond donors (Lipinski definition) is 1. The fourth-order valence-electron chi connectivity index (χ4n) is 3.22. The molecule has 2 fully saturated rings. The molecule has 1 amide bonds. The minimum absolute atomic E-state index is 0.0490. The van der Waals surface area contributed by atoms with Crippen molar-refractivity contribution in [2.24, 2.45) is 0 Å². The lowest BCUT2D eigenvalue weighted by molar-refractivity contribution is 0.0950. The van der Waals surface area contributed by atoms with Gasteiger partial charge in [-0.2, -0.15) is 0 Å². The van der Waals surface area contributed by atoms with Crippen LogP contribution in [0.5, 0.6) is 5.88 Å². The minimum Gasteiger partial charge on any atom is -0.471 e. The van der Waals surface area contributed by atoms with E-state index in [1.165, 1.54) is 6.20 Å². The Bertz CT molecular complexity index is 854.